The number of rotatable bonds is 9. The maximum absolute atomic E-state index is 14.2. The molecule has 1 aliphatic heterocycles. The van der Waals surface area contributed by atoms with Crippen LogP contribution in [0.15, 0.2) is 62.8 Å². The largest absolute Gasteiger partial charge is 0.486 e. The lowest BCUT2D eigenvalue weighted by molar-refractivity contribution is -0.137. The molecule has 0 aliphatic carbocycles. The van der Waals surface area contributed by atoms with Crippen LogP contribution in [0.5, 0.6) is 11.6 Å². The molecule has 15 heteroatoms. The Labute approximate surface area is 255 Å². The lowest BCUT2D eigenvalue weighted by atomic mass is 10.0. The summed E-state index contributed by atoms with van der Waals surface area (Å²) in [6.07, 6.45) is -0.745. The van der Waals surface area contributed by atoms with E-state index >= 15 is 0 Å². The van der Waals surface area contributed by atoms with Gasteiger partial charge in [-0.05, 0) is 61.7 Å². The molecule has 5 rings (SSSR count). The second-order valence-electron chi connectivity index (χ2n) is 9.83. The summed E-state index contributed by atoms with van der Waals surface area (Å²) in [5, 5.41) is 5.87. The first-order valence-corrected chi connectivity index (χ1v) is 15.2. The number of aryl methyl sites for hydroxylation is 2. The number of alkyl halides is 3. The summed E-state index contributed by atoms with van der Waals surface area (Å²) >= 11 is 6.11. The van der Waals surface area contributed by atoms with Gasteiger partial charge in [0.25, 0.3) is 10.0 Å². The number of sulfonamides is 1. The summed E-state index contributed by atoms with van der Waals surface area (Å²) in [7, 11) is -4.30. The summed E-state index contributed by atoms with van der Waals surface area (Å²) in [4.78, 5) is 15.3. The lowest BCUT2D eigenvalue weighted by Crippen LogP contribution is -2.44. The van der Waals surface area contributed by atoms with E-state index in [1.54, 1.807) is 19.9 Å². The zero-order chi connectivity index (χ0) is 31.6. The van der Waals surface area contributed by atoms with Crippen LogP contribution in [0.4, 0.5) is 18.9 Å². The predicted octanol–water partition coefficient (Wildman–Crippen LogP) is 5.90. The minimum Gasteiger partial charge on any atom is -0.486 e. The van der Waals surface area contributed by atoms with Crippen molar-refractivity contribution in [3.8, 4) is 11.6 Å². The van der Waals surface area contributed by atoms with Crippen LogP contribution in [-0.4, -0.2) is 42.9 Å². The Kier molecular flexibility index (Phi) is 8.75. The average molecular weight is 651 g/mol. The molecular weight excluding hydrogens is 625 g/mol. The monoisotopic (exact) mass is 650 g/mol. The molecule has 0 spiro atoms. The van der Waals surface area contributed by atoms with E-state index < -0.39 is 33.6 Å². The molecule has 0 unspecified atom stereocenters. The fourth-order valence-electron chi connectivity index (χ4n) is 4.67. The number of halogens is 4. The van der Waals surface area contributed by atoms with Crippen LogP contribution in [0.25, 0.3) is 12.2 Å². The van der Waals surface area contributed by atoms with E-state index in [0.29, 0.717) is 11.1 Å². The molecule has 2 aromatic heterocycles. The highest BCUT2D eigenvalue weighted by atomic mass is 35.5. The average Bonchev–Trinajstić information content (AvgIpc) is 3.40. The zero-order valence-electron chi connectivity index (χ0n) is 23.4. The first kappa shape index (κ1) is 31.1. The molecule has 10 nitrogen and oxygen atoms in total. The van der Waals surface area contributed by atoms with Gasteiger partial charge in [0.1, 0.15) is 16.7 Å². The van der Waals surface area contributed by atoms with Crippen LogP contribution in [0.2, 0.25) is 5.02 Å². The Bertz CT molecular complexity index is 1870. The molecule has 1 atom stereocenters. The molecule has 1 aliphatic rings. The van der Waals surface area contributed by atoms with Crippen LogP contribution in [0.3, 0.4) is 0 Å². The van der Waals surface area contributed by atoms with Crippen molar-refractivity contribution in [3.05, 3.63) is 92.4 Å². The van der Waals surface area contributed by atoms with Crippen molar-refractivity contribution in [2.45, 2.75) is 43.9 Å². The number of hydrogen-bond donors (Lipinski definition) is 1. The van der Waals surface area contributed by atoms with Gasteiger partial charge in [0.05, 0.1) is 24.4 Å². The Balaban J connectivity index is 1.56. The molecule has 0 bridgehead atoms. The second kappa shape index (κ2) is 12.4. The van der Waals surface area contributed by atoms with Crippen LogP contribution < -0.4 is 19.5 Å². The number of nitrogens with one attached hydrogen (secondary N) is 1. The number of H-pyrrole nitrogens is 1. The highest BCUT2D eigenvalue weighted by molar-refractivity contribution is 7.93. The predicted molar refractivity (Wildman–Crippen MR) is 156 cm³/mol. The minimum absolute atomic E-state index is 0.0737. The van der Waals surface area contributed by atoms with Gasteiger partial charge in [0.15, 0.2) is 0 Å². The van der Waals surface area contributed by atoms with Crippen molar-refractivity contribution in [3.63, 3.8) is 0 Å². The molecule has 3 heterocycles. The van der Waals surface area contributed by atoms with E-state index in [1.165, 1.54) is 48.7 Å². The molecule has 0 amide bonds. The molecule has 4 aromatic rings. The van der Waals surface area contributed by atoms with E-state index in [-0.39, 0.29) is 64.7 Å². The molecule has 44 heavy (non-hydrogen) atoms. The maximum atomic E-state index is 14.2. The first-order chi connectivity index (χ1) is 20.9. The summed E-state index contributed by atoms with van der Waals surface area (Å²) in [6.45, 7) is 3.43. The Morgan fingerprint density at radius 2 is 2.00 bits per heavy atom. The van der Waals surface area contributed by atoms with Crippen LogP contribution >= 0.6 is 11.6 Å². The summed E-state index contributed by atoms with van der Waals surface area (Å²) in [5.74, 6) is -0.430. The summed E-state index contributed by atoms with van der Waals surface area (Å²) in [5.41, 5.74) is 0.0104. The minimum atomic E-state index is -4.63. The van der Waals surface area contributed by atoms with Gasteiger partial charge in [-0.15, -0.1) is 5.10 Å². The third-order valence-electron chi connectivity index (χ3n) is 6.68. The molecular formula is C29H26ClF3N4O6S. The topological polar surface area (TPSA) is 128 Å². The van der Waals surface area contributed by atoms with Gasteiger partial charge in [-0.3, -0.25) is 4.31 Å². The van der Waals surface area contributed by atoms with Crippen LogP contribution in [0.1, 0.15) is 41.5 Å². The van der Waals surface area contributed by atoms with E-state index in [1.807, 2.05) is 0 Å². The number of aromatic amines is 1. The molecule has 2 aromatic carbocycles. The molecule has 1 N–H and O–H groups in total. The van der Waals surface area contributed by atoms with Gasteiger partial charge < -0.3 is 13.9 Å². The number of anilines is 1. The quantitative estimate of drug-likeness (QED) is 0.222. The summed E-state index contributed by atoms with van der Waals surface area (Å²) < 4.78 is 87.1. The standard InChI is InChI=1S/C29H26ClF3N4O6S/c1-3-41-27-25(13-17(2)15-34-27)44(39,40)37-16-19(9-12-26-35-36-28(38)43-26)42-24-11-8-18(14-23(24)37)7-10-20-21(29(31,32)33)5-4-6-22(20)30/h4-8,10-11,13-15,19H,3,9,12,16H2,1-2H3,(H,36,38)/b10-7+/t19-/m0/s1. The van der Waals surface area contributed by atoms with Crippen molar-refractivity contribution in [2.24, 2.45) is 0 Å². The highest BCUT2D eigenvalue weighted by Gasteiger charge is 2.37. The molecule has 0 fully saturated rings. The van der Waals surface area contributed by atoms with Crippen molar-refractivity contribution in [2.75, 3.05) is 17.5 Å². The lowest BCUT2D eigenvalue weighted by Gasteiger charge is -2.35. The van der Waals surface area contributed by atoms with Gasteiger partial charge in [-0.2, -0.15) is 13.2 Å². The molecule has 232 valence electrons. The Morgan fingerprint density at radius 3 is 2.70 bits per heavy atom. The molecule has 0 radical (unpaired) electrons. The van der Waals surface area contributed by atoms with Crippen molar-refractivity contribution in [1.82, 2.24) is 15.2 Å². The number of fused-ring (bicyclic) bond motifs is 1. The maximum Gasteiger partial charge on any atom is 0.434 e. The van der Waals surface area contributed by atoms with E-state index in [4.69, 9.17) is 25.5 Å². The third kappa shape index (κ3) is 6.60. The van der Waals surface area contributed by atoms with Crippen molar-refractivity contribution >= 4 is 39.5 Å². The fourth-order valence-corrected chi connectivity index (χ4v) is 6.58. The zero-order valence-corrected chi connectivity index (χ0v) is 25.0. The van der Waals surface area contributed by atoms with Crippen LogP contribution in [-0.2, 0) is 22.6 Å². The van der Waals surface area contributed by atoms with Gasteiger partial charge in [0, 0.05) is 23.2 Å². The smallest absolute Gasteiger partial charge is 0.434 e. The van der Waals surface area contributed by atoms with Gasteiger partial charge >= 0.3 is 11.9 Å². The normalized spacial score (nSPS) is 15.3. The Morgan fingerprint density at radius 1 is 1.20 bits per heavy atom. The number of nitrogens with zero attached hydrogens (tertiary/aromatic N) is 3. The number of pyridine rings is 1. The second-order valence-corrected chi connectivity index (χ2v) is 12.1. The number of hydrogen-bond acceptors (Lipinski definition) is 8. The first-order valence-electron chi connectivity index (χ1n) is 13.4. The SMILES string of the molecule is CCOc1ncc(C)cc1S(=O)(=O)N1C[C@H](CCc2n[nH]c(=O)o2)Oc2ccc(/C=C/c3c(Cl)cccc3C(F)(F)F)cc21. The van der Waals surface area contributed by atoms with Gasteiger partial charge in [-0.1, -0.05) is 35.9 Å². The van der Waals surface area contributed by atoms with Crippen molar-refractivity contribution < 1.29 is 35.5 Å². The fraction of sp³-hybridized carbons (Fsp3) is 0.276. The number of aromatic nitrogens is 3. The van der Waals surface area contributed by atoms with E-state index in [9.17, 15) is 26.4 Å². The molecule has 0 saturated heterocycles. The third-order valence-corrected chi connectivity index (χ3v) is 8.79. The molecule has 0 saturated carbocycles. The number of benzene rings is 2. The Hall–Kier alpha value is -4.30. The van der Waals surface area contributed by atoms with Gasteiger partial charge in [-0.25, -0.2) is 23.3 Å². The van der Waals surface area contributed by atoms with Crippen LogP contribution in [0, 0.1) is 6.92 Å². The van der Waals surface area contributed by atoms with Gasteiger partial charge in [0.2, 0.25) is 11.8 Å². The summed E-state index contributed by atoms with van der Waals surface area (Å²) in [6, 6.07) is 9.57. The highest BCUT2D eigenvalue weighted by Crippen LogP contribution is 2.41. The van der Waals surface area contributed by atoms with Crippen molar-refractivity contribution in [1.29, 1.82) is 0 Å². The van der Waals surface area contributed by atoms with E-state index in [0.717, 1.165) is 10.4 Å². The van der Waals surface area contributed by atoms with E-state index in [2.05, 4.69) is 15.2 Å². The number of ether oxygens (including phenoxy) is 2.